The Kier molecular flexibility index (Phi) is 7.04. The Bertz CT molecular complexity index is 757. The van der Waals surface area contributed by atoms with Gasteiger partial charge in [0.1, 0.15) is 0 Å². The third-order valence-corrected chi connectivity index (χ3v) is 5.58. The van der Waals surface area contributed by atoms with Crippen molar-refractivity contribution in [1.82, 2.24) is 9.80 Å². The molecule has 2 aromatic carbocycles. The third-order valence-electron chi connectivity index (χ3n) is 4.57. The Morgan fingerprint density at radius 3 is 2.30 bits per heavy atom. The summed E-state index contributed by atoms with van der Waals surface area (Å²) in [6.07, 6.45) is 0. The first kappa shape index (κ1) is 19.6. The molecule has 0 saturated carbocycles. The molecule has 1 N–H and O–H groups in total. The lowest BCUT2D eigenvalue weighted by Gasteiger charge is -2.31. The summed E-state index contributed by atoms with van der Waals surface area (Å²) < 4.78 is 0. The topological polar surface area (TPSA) is 52.6 Å². The van der Waals surface area contributed by atoms with Crippen molar-refractivity contribution in [3.8, 4) is 0 Å². The van der Waals surface area contributed by atoms with Crippen molar-refractivity contribution in [1.29, 1.82) is 0 Å². The molecule has 5 nitrogen and oxygen atoms in total. The minimum absolute atomic E-state index is 0.0552. The number of ketones is 1. The van der Waals surface area contributed by atoms with E-state index in [0.29, 0.717) is 23.5 Å². The second-order valence-corrected chi connectivity index (χ2v) is 7.78. The Labute approximate surface area is 164 Å². The van der Waals surface area contributed by atoms with Crippen LogP contribution in [0.25, 0.3) is 0 Å². The first-order chi connectivity index (χ1) is 13.1. The van der Waals surface area contributed by atoms with E-state index >= 15 is 0 Å². The normalized spacial score (nSPS) is 15.4. The maximum absolute atomic E-state index is 12.4. The predicted molar refractivity (Wildman–Crippen MR) is 111 cm³/mol. The lowest BCUT2D eigenvalue weighted by atomic mass is 10.1. The molecule has 1 aliphatic heterocycles. The zero-order valence-corrected chi connectivity index (χ0v) is 16.4. The van der Waals surface area contributed by atoms with E-state index in [0.717, 1.165) is 31.1 Å². The summed E-state index contributed by atoms with van der Waals surface area (Å²) in [6, 6.07) is 17.0. The number of amides is 1. The zero-order valence-electron chi connectivity index (χ0n) is 15.6. The number of Topliss-reactive ketones (excluding diaryl/α,β-unsaturated/α-hetero) is 1. The van der Waals surface area contributed by atoms with Crippen molar-refractivity contribution >= 4 is 29.1 Å². The van der Waals surface area contributed by atoms with Gasteiger partial charge >= 0.3 is 0 Å². The summed E-state index contributed by atoms with van der Waals surface area (Å²) in [7, 11) is 2.10. The highest BCUT2D eigenvalue weighted by Gasteiger charge is 2.17. The number of hydrogen-bond acceptors (Lipinski definition) is 5. The van der Waals surface area contributed by atoms with Gasteiger partial charge in [0.25, 0.3) is 0 Å². The summed E-state index contributed by atoms with van der Waals surface area (Å²) in [5.41, 5.74) is 1.40. The quantitative estimate of drug-likeness (QED) is 0.589. The van der Waals surface area contributed by atoms with Gasteiger partial charge in [0.05, 0.1) is 12.3 Å². The van der Waals surface area contributed by atoms with Gasteiger partial charge in [-0.1, -0.05) is 18.2 Å². The molecule has 1 aliphatic rings. The molecule has 142 valence electrons. The number of anilines is 1. The summed E-state index contributed by atoms with van der Waals surface area (Å²) in [4.78, 5) is 30.1. The molecule has 0 atom stereocenters. The Morgan fingerprint density at radius 1 is 0.963 bits per heavy atom. The van der Waals surface area contributed by atoms with Gasteiger partial charge in [0.15, 0.2) is 5.78 Å². The second kappa shape index (κ2) is 9.69. The largest absolute Gasteiger partial charge is 0.325 e. The summed E-state index contributed by atoms with van der Waals surface area (Å²) in [5.74, 6) is 0.422. The fourth-order valence-electron chi connectivity index (χ4n) is 2.90. The van der Waals surface area contributed by atoms with Crippen LogP contribution in [0.1, 0.15) is 10.4 Å². The van der Waals surface area contributed by atoms with Crippen LogP contribution >= 0.6 is 11.8 Å². The van der Waals surface area contributed by atoms with Crippen molar-refractivity contribution in [2.75, 3.05) is 50.8 Å². The molecule has 1 amide bonds. The number of benzene rings is 2. The summed E-state index contributed by atoms with van der Waals surface area (Å²) >= 11 is 1.50. The lowest BCUT2D eigenvalue weighted by Crippen LogP contribution is -2.46. The molecule has 0 aromatic heterocycles. The molecule has 1 saturated heterocycles. The number of thioether (sulfide) groups is 1. The number of rotatable bonds is 7. The smallest absolute Gasteiger partial charge is 0.234 e. The van der Waals surface area contributed by atoms with Crippen molar-refractivity contribution < 1.29 is 9.59 Å². The molecule has 3 rings (SSSR count). The van der Waals surface area contributed by atoms with E-state index in [1.165, 1.54) is 11.8 Å². The van der Waals surface area contributed by atoms with Crippen LogP contribution in [-0.4, -0.2) is 67.0 Å². The van der Waals surface area contributed by atoms with Gasteiger partial charge in [-0.3, -0.25) is 14.5 Å². The predicted octanol–water partition coefficient (Wildman–Crippen LogP) is 2.85. The van der Waals surface area contributed by atoms with Crippen molar-refractivity contribution in [2.45, 2.75) is 4.90 Å². The molecule has 0 unspecified atom stereocenters. The molecule has 0 spiro atoms. The van der Waals surface area contributed by atoms with E-state index in [9.17, 15) is 9.59 Å². The standard InChI is InChI=1S/C21H25N3O2S/c1-23-11-13-24(14-12-23)15-20(25)17-7-9-18(10-8-17)22-21(26)16-27-19-5-3-2-4-6-19/h2-10H,11-16H2,1H3,(H,22,26). The van der Waals surface area contributed by atoms with Crippen LogP contribution in [-0.2, 0) is 4.79 Å². The highest BCUT2D eigenvalue weighted by atomic mass is 32.2. The van der Waals surface area contributed by atoms with E-state index in [1.54, 1.807) is 24.3 Å². The number of piperazine rings is 1. The Morgan fingerprint density at radius 2 is 1.63 bits per heavy atom. The molecule has 0 bridgehead atoms. The van der Waals surface area contributed by atoms with E-state index in [4.69, 9.17) is 0 Å². The minimum Gasteiger partial charge on any atom is -0.325 e. The maximum Gasteiger partial charge on any atom is 0.234 e. The molecule has 27 heavy (non-hydrogen) atoms. The van der Waals surface area contributed by atoms with Gasteiger partial charge < -0.3 is 10.2 Å². The van der Waals surface area contributed by atoms with Gasteiger partial charge in [0, 0.05) is 42.3 Å². The first-order valence-electron chi connectivity index (χ1n) is 9.12. The highest BCUT2D eigenvalue weighted by molar-refractivity contribution is 8.00. The fourth-order valence-corrected chi connectivity index (χ4v) is 3.62. The van der Waals surface area contributed by atoms with Gasteiger partial charge in [-0.15, -0.1) is 11.8 Å². The van der Waals surface area contributed by atoms with Crippen LogP contribution in [0, 0.1) is 0 Å². The van der Waals surface area contributed by atoms with Gasteiger partial charge in [-0.2, -0.15) is 0 Å². The highest BCUT2D eigenvalue weighted by Crippen LogP contribution is 2.18. The number of hydrogen-bond donors (Lipinski definition) is 1. The molecular weight excluding hydrogens is 358 g/mol. The second-order valence-electron chi connectivity index (χ2n) is 6.73. The van der Waals surface area contributed by atoms with Crippen LogP contribution in [0.15, 0.2) is 59.5 Å². The van der Waals surface area contributed by atoms with Crippen molar-refractivity contribution in [3.63, 3.8) is 0 Å². The SMILES string of the molecule is CN1CCN(CC(=O)c2ccc(NC(=O)CSc3ccccc3)cc2)CC1. The van der Waals surface area contributed by atoms with Crippen molar-refractivity contribution in [2.24, 2.45) is 0 Å². The van der Waals surface area contributed by atoms with Crippen LogP contribution in [0.5, 0.6) is 0 Å². The number of nitrogens with one attached hydrogen (secondary N) is 1. The molecule has 1 heterocycles. The molecule has 6 heteroatoms. The molecule has 2 aromatic rings. The van der Waals surface area contributed by atoms with Crippen LogP contribution in [0.2, 0.25) is 0 Å². The first-order valence-corrected chi connectivity index (χ1v) is 10.1. The Hall–Kier alpha value is -2.15. The zero-order chi connectivity index (χ0) is 19.1. The average molecular weight is 384 g/mol. The maximum atomic E-state index is 12.4. The Balaban J connectivity index is 1.46. The minimum atomic E-state index is -0.0552. The van der Waals surface area contributed by atoms with Gasteiger partial charge in [-0.05, 0) is 43.4 Å². The molecular formula is C21H25N3O2S. The van der Waals surface area contributed by atoms with Crippen LogP contribution in [0.3, 0.4) is 0 Å². The third kappa shape index (κ3) is 6.20. The molecule has 0 aliphatic carbocycles. The fraction of sp³-hybridized carbons (Fsp3) is 0.333. The van der Waals surface area contributed by atoms with Crippen LogP contribution in [0.4, 0.5) is 5.69 Å². The number of carbonyl (C=O) groups excluding carboxylic acids is 2. The van der Waals surface area contributed by atoms with Gasteiger partial charge in [0.2, 0.25) is 5.91 Å². The van der Waals surface area contributed by atoms with E-state index in [-0.39, 0.29) is 11.7 Å². The van der Waals surface area contributed by atoms with E-state index < -0.39 is 0 Å². The summed E-state index contributed by atoms with van der Waals surface area (Å²) in [6.45, 7) is 4.30. The lowest BCUT2D eigenvalue weighted by molar-refractivity contribution is -0.113. The number of carbonyl (C=O) groups is 2. The average Bonchev–Trinajstić information content (AvgIpc) is 2.69. The van der Waals surface area contributed by atoms with E-state index in [2.05, 4.69) is 22.2 Å². The molecule has 1 fully saturated rings. The van der Waals surface area contributed by atoms with Crippen molar-refractivity contribution in [3.05, 3.63) is 60.2 Å². The molecule has 0 radical (unpaired) electrons. The number of likely N-dealkylation sites (N-methyl/N-ethyl adjacent to an activating group) is 1. The monoisotopic (exact) mass is 383 g/mol. The van der Waals surface area contributed by atoms with Crippen LogP contribution < -0.4 is 5.32 Å². The van der Waals surface area contributed by atoms with E-state index in [1.807, 2.05) is 30.3 Å². The summed E-state index contributed by atoms with van der Waals surface area (Å²) in [5, 5.41) is 2.88. The van der Waals surface area contributed by atoms with Gasteiger partial charge in [-0.25, -0.2) is 0 Å². The number of nitrogens with zero attached hydrogens (tertiary/aromatic N) is 2.